The van der Waals surface area contributed by atoms with E-state index in [0.717, 1.165) is 6.67 Å². The average molecular weight is 195 g/mol. The molecule has 0 aromatic heterocycles. The maximum absolute atomic E-state index is 3.66. The van der Waals surface area contributed by atoms with Crippen molar-refractivity contribution in [2.45, 2.75) is 25.6 Å². The molecule has 1 unspecified atom stereocenters. The Bertz CT molecular complexity index is 273. The molecular formula is C10H19N4+. The lowest BCUT2D eigenvalue weighted by Gasteiger charge is -2.41. The molecule has 2 saturated heterocycles. The molecule has 2 bridgehead atoms. The van der Waals surface area contributed by atoms with Gasteiger partial charge in [0.15, 0.2) is 0 Å². The van der Waals surface area contributed by atoms with Crippen molar-refractivity contribution in [3.63, 3.8) is 0 Å². The highest BCUT2D eigenvalue weighted by Crippen LogP contribution is 2.18. The molecule has 3 aliphatic heterocycles. The topological polar surface area (TPSA) is 21.5 Å². The summed E-state index contributed by atoms with van der Waals surface area (Å²) in [7, 11) is 2.20. The molecule has 3 rings (SSSR count). The zero-order valence-electron chi connectivity index (χ0n) is 8.87. The van der Waals surface area contributed by atoms with Crippen LogP contribution in [0.15, 0.2) is 0 Å². The molecule has 2 fully saturated rings. The molecular weight excluding hydrogens is 176 g/mol. The fourth-order valence-electron chi connectivity index (χ4n) is 2.85. The summed E-state index contributed by atoms with van der Waals surface area (Å²) in [5.41, 5.74) is 0. The summed E-state index contributed by atoms with van der Waals surface area (Å²) < 4.78 is 2.37. The second-order valence-corrected chi connectivity index (χ2v) is 4.61. The van der Waals surface area contributed by atoms with Gasteiger partial charge in [-0.2, -0.15) is 0 Å². The molecule has 4 heteroatoms. The Kier molecular flexibility index (Phi) is 1.99. The van der Waals surface area contributed by atoms with E-state index >= 15 is 0 Å². The normalized spacial score (nSPS) is 33.9. The quantitative estimate of drug-likeness (QED) is 0.535. The predicted molar refractivity (Wildman–Crippen MR) is 55.1 cm³/mol. The van der Waals surface area contributed by atoms with Crippen LogP contribution in [0.1, 0.15) is 19.3 Å². The van der Waals surface area contributed by atoms with Crippen molar-refractivity contribution in [1.82, 2.24) is 15.1 Å². The summed E-state index contributed by atoms with van der Waals surface area (Å²) in [6, 6.07) is 0. The minimum absolute atomic E-state index is 0.498. The summed E-state index contributed by atoms with van der Waals surface area (Å²) in [6.45, 7) is 4.87. The largest absolute Gasteiger partial charge is 0.255 e. The number of fused-ring (bicyclic) bond motifs is 1. The number of amidine groups is 1. The van der Waals surface area contributed by atoms with Crippen molar-refractivity contribution in [2.75, 3.05) is 33.4 Å². The third-order valence-electron chi connectivity index (χ3n) is 3.59. The van der Waals surface area contributed by atoms with Crippen LogP contribution in [0.25, 0.3) is 0 Å². The highest BCUT2D eigenvalue weighted by Gasteiger charge is 2.39. The maximum atomic E-state index is 3.66. The Morgan fingerprint density at radius 2 is 2.00 bits per heavy atom. The molecule has 0 aromatic rings. The van der Waals surface area contributed by atoms with Crippen LogP contribution in [0.4, 0.5) is 0 Å². The maximum Gasteiger partial charge on any atom is 0.247 e. The lowest BCUT2D eigenvalue weighted by atomic mass is 10.2. The Morgan fingerprint density at radius 1 is 1.21 bits per heavy atom. The number of hydrogen-bond acceptors (Lipinski definition) is 3. The molecule has 0 aromatic carbocycles. The Labute approximate surface area is 85.2 Å². The van der Waals surface area contributed by atoms with Gasteiger partial charge in [0.25, 0.3) is 0 Å². The van der Waals surface area contributed by atoms with E-state index in [1.807, 2.05) is 0 Å². The third kappa shape index (κ3) is 1.25. The molecule has 0 saturated carbocycles. The molecule has 0 radical (unpaired) electrons. The van der Waals surface area contributed by atoms with E-state index in [1.54, 1.807) is 0 Å². The van der Waals surface area contributed by atoms with E-state index in [-0.39, 0.29) is 0 Å². The van der Waals surface area contributed by atoms with Crippen LogP contribution in [0.2, 0.25) is 0 Å². The molecule has 78 valence electrons. The summed E-state index contributed by atoms with van der Waals surface area (Å²) in [5, 5.41) is 3.66. The van der Waals surface area contributed by atoms with Gasteiger partial charge in [-0.3, -0.25) is 9.48 Å². The first kappa shape index (κ1) is 8.68. The van der Waals surface area contributed by atoms with Gasteiger partial charge < -0.3 is 0 Å². The molecule has 0 amide bonds. The Balaban J connectivity index is 1.93. The summed E-state index contributed by atoms with van der Waals surface area (Å²) in [6.07, 6.45) is 4.34. The van der Waals surface area contributed by atoms with E-state index in [0.29, 0.717) is 6.29 Å². The molecule has 14 heavy (non-hydrogen) atoms. The molecule has 3 aliphatic rings. The first-order valence-corrected chi connectivity index (χ1v) is 5.66. The molecule has 1 N–H and O–H groups in total. The van der Waals surface area contributed by atoms with Gasteiger partial charge >= 0.3 is 0 Å². The van der Waals surface area contributed by atoms with Crippen molar-refractivity contribution in [3.8, 4) is 0 Å². The van der Waals surface area contributed by atoms with Crippen LogP contribution < -0.4 is 5.32 Å². The standard InChI is InChI=1S/C10H18N4/c1-12-8-14-7-3-6-13-5-2-4-9(12)11-10(13)14/h10H,2-8H2,1H3/p+1. The van der Waals surface area contributed by atoms with Gasteiger partial charge in [-0.1, -0.05) is 0 Å². The van der Waals surface area contributed by atoms with E-state index in [9.17, 15) is 0 Å². The first-order chi connectivity index (χ1) is 6.84. The van der Waals surface area contributed by atoms with Gasteiger partial charge in [-0.15, -0.1) is 0 Å². The van der Waals surface area contributed by atoms with Crippen LogP contribution in [-0.2, 0) is 0 Å². The number of rotatable bonds is 0. The fourth-order valence-corrected chi connectivity index (χ4v) is 2.85. The van der Waals surface area contributed by atoms with Crippen LogP contribution >= 0.6 is 0 Å². The number of hydrogen-bond donors (Lipinski definition) is 1. The van der Waals surface area contributed by atoms with Crippen molar-refractivity contribution in [2.24, 2.45) is 0 Å². The zero-order valence-corrected chi connectivity index (χ0v) is 8.87. The summed E-state index contributed by atoms with van der Waals surface area (Å²) >= 11 is 0. The van der Waals surface area contributed by atoms with Gasteiger partial charge in [0, 0.05) is 26.1 Å². The van der Waals surface area contributed by atoms with Crippen molar-refractivity contribution in [3.05, 3.63) is 0 Å². The van der Waals surface area contributed by atoms with Crippen molar-refractivity contribution < 1.29 is 4.58 Å². The van der Waals surface area contributed by atoms with Crippen LogP contribution in [0.3, 0.4) is 0 Å². The molecule has 1 atom stereocenters. The minimum Gasteiger partial charge on any atom is -0.255 e. The van der Waals surface area contributed by atoms with Crippen LogP contribution in [0, 0.1) is 0 Å². The Morgan fingerprint density at radius 3 is 2.93 bits per heavy atom. The van der Waals surface area contributed by atoms with E-state index in [1.165, 1.54) is 44.7 Å². The van der Waals surface area contributed by atoms with E-state index in [4.69, 9.17) is 0 Å². The molecule has 0 aliphatic carbocycles. The highest BCUT2D eigenvalue weighted by molar-refractivity contribution is 5.78. The molecule has 4 nitrogen and oxygen atoms in total. The summed E-state index contributed by atoms with van der Waals surface area (Å²) in [5.74, 6) is 1.44. The first-order valence-electron chi connectivity index (χ1n) is 5.66. The van der Waals surface area contributed by atoms with E-state index < -0.39 is 0 Å². The van der Waals surface area contributed by atoms with Gasteiger partial charge in [0.1, 0.15) is 6.67 Å². The SMILES string of the molecule is C[N+]1=C2CCCN3CCCN(C1)C3N2. The predicted octanol–water partition coefficient (Wildman–Crippen LogP) is -0.327. The van der Waals surface area contributed by atoms with E-state index in [2.05, 4.69) is 26.7 Å². The second-order valence-electron chi connectivity index (χ2n) is 4.61. The third-order valence-corrected chi connectivity index (χ3v) is 3.59. The number of nitrogens with one attached hydrogen (secondary N) is 1. The monoisotopic (exact) mass is 195 g/mol. The lowest BCUT2D eigenvalue weighted by Crippen LogP contribution is -2.65. The fraction of sp³-hybridized carbons (Fsp3) is 0.900. The summed E-state index contributed by atoms with van der Waals surface area (Å²) in [4.78, 5) is 5.13. The Hall–Kier alpha value is -0.610. The number of nitrogens with zero attached hydrogens (tertiary/aromatic N) is 3. The second kappa shape index (κ2) is 3.21. The smallest absolute Gasteiger partial charge is 0.247 e. The van der Waals surface area contributed by atoms with Gasteiger partial charge in [-0.25, -0.2) is 10.2 Å². The van der Waals surface area contributed by atoms with Crippen molar-refractivity contribution in [1.29, 1.82) is 0 Å². The van der Waals surface area contributed by atoms with Crippen LogP contribution in [0.5, 0.6) is 0 Å². The average Bonchev–Trinajstić information content (AvgIpc) is 2.39. The van der Waals surface area contributed by atoms with Gasteiger partial charge in [-0.05, 0) is 12.8 Å². The molecule has 3 heterocycles. The molecule has 0 spiro atoms. The van der Waals surface area contributed by atoms with Gasteiger partial charge in [0.05, 0.1) is 7.05 Å². The lowest BCUT2D eigenvalue weighted by molar-refractivity contribution is -0.536. The van der Waals surface area contributed by atoms with Gasteiger partial charge in [0.2, 0.25) is 12.1 Å². The van der Waals surface area contributed by atoms with Crippen molar-refractivity contribution >= 4 is 5.84 Å². The highest BCUT2D eigenvalue weighted by atomic mass is 15.5. The van der Waals surface area contributed by atoms with Crippen LogP contribution in [-0.4, -0.2) is 59.9 Å². The minimum atomic E-state index is 0.498. The zero-order chi connectivity index (χ0) is 9.54.